The fourth-order valence-electron chi connectivity index (χ4n) is 1.46. The molecular formula is C12H17N3O2S2. The zero-order chi connectivity index (χ0) is 14.3. The molecule has 19 heavy (non-hydrogen) atoms. The second kappa shape index (κ2) is 7.96. The van der Waals surface area contributed by atoms with Crippen LogP contribution in [0.2, 0.25) is 0 Å². The van der Waals surface area contributed by atoms with Crippen molar-refractivity contribution >= 4 is 39.3 Å². The van der Waals surface area contributed by atoms with Crippen LogP contribution in [0.3, 0.4) is 0 Å². The quantitative estimate of drug-likeness (QED) is 0.476. The first kappa shape index (κ1) is 15.7. The van der Waals surface area contributed by atoms with Crippen molar-refractivity contribution in [2.24, 2.45) is 5.73 Å². The Morgan fingerprint density at radius 3 is 2.26 bits per heavy atom. The highest BCUT2D eigenvalue weighted by Gasteiger charge is 2.08. The number of nitrogens with two attached hydrogens (primary N) is 1. The van der Waals surface area contributed by atoms with Crippen molar-refractivity contribution in [1.29, 1.82) is 0 Å². The van der Waals surface area contributed by atoms with E-state index in [1.807, 2.05) is 24.3 Å². The predicted molar refractivity (Wildman–Crippen MR) is 80.8 cm³/mol. The predicted octanol–water partition coefficient (Wildman–Crippen LogP) is 1.79. The number of carbonyl (C=O) groups excluding carboxylic acids is 2. The Morgan fingerprint density at radius 1 is 1.21 bits per heavy atom. The molecule has 0 radical (unpaired) electrons. The summed E-state index contributed by atoms with van der Waals surface area (Å²) in [5, 5.41) is 0. The number of rotatable bonds is 6. The van der Waals surface area contributed by atoms with Gasteiger partial charge in [0.1, 0.15) is 0 Å². The number of hydrogen-bond donors (Lipinski definition) is 2. The fourth-order valence-corrected chi connectivity index (χ4v) is 2.99. The van der Waals surface area contributed by atoms with Crippen molar-refractivity contribution in [2.75, 3.05) is 18.0 Å². The van der Waals surface area contributed by atoms with E-state index in [2.05, 4.69) is 23.5 Å². The third-order valence-corrected chi connectivity index (χ3v) is 4.36. The topological polar surface area (TPSA) is 75.4 Å². The van der Waals surface area contributed by atoms with Gasteiger partial charge in [-0.1, -0.05) is 0 Å². The molecule has 0 fully saturated rings. The molecule has 0 spiro atoms. The van der Waals surface area contributed by atoms with Crippen LogP contribution < -0.4 is 15.4 Å². The molecule has 0 aliphatic carbocycles. The maximum absolute atomic E-state index is 10.9. The molecule has 1 aromatic rings. The van der Waals surface area contributed by atoms with Gasteiger partial charge in [0.05, 0.1) is 0 Å². The molecule has 0 aliphatic rings. The van der Waals surface area contributed by atoms with E-state index in [1.54, 1.807) is 0 Å². The third kappa shape index (κ3) is 5.04. The highest BCUT2D eigenvalue weighted by Crippen LogP contribution is 2.29. The monoisotopic (exact) mass is 299 g/mol. The summed E-state index contributed by atoms with van der Waals surface area (Å²) in [5.41, 5.74) is 5.99. The normalized spacial score (nSPS) is 10.0. The SMILES string of the molecule is CCN(CC)c1ccc(SSNC(=O)C(N)=O)cc1. The van der Waals surface area contributed by atoms with E-state index in [-0.39, 0.29) is 0 Å². The minimum absolute atomic E-state index is 0.794. The van der Waals surface area contributed by atoms with E-state index in [1.165, 1.54) is 16.5 Å². The minimum atomic E-state index is -0.981. The zero-order valence-electron chi connectivity index (χ0n) is 10.9. The van der Waals surface area contributed by atoms with Crippen LogP contribution in [0.1, 0.15) is 13.8 Å². The highest BCUT2D eigenvalue weighted by molar-refractivity contribution is 8.76. The van der Waals surface area contributed by atoms with Crippen LogP contribution in [-0.4, -0.2) is 24.9 Å². The lowest BCUT2D eigenvalue weighted by molar-refractivity contribution is -0.136. The van der Waals surface area contributed by atoms with E-state index >= 15 is 0 Å². The summed E-state index contributed by atoms with van der Waals surface area (Å²) in [5.74, 6) is -1.78. The van der Waals surface area contributed by atoms with Gasteiger partial charge in [-0.15, -0.1) is 0 Å². The van der Waals surface area contributed by atoms with Crippen molar-refractivity contribution in [3.05, 3.63) is 24.3 Å². The third-order valence-electron chi connectivity index (χ3n) is 2.46. The van der Waals surface area contributed by atoms with Crippen molar-refractivity contribution in [3.8, 4) is 0 Å². The average Bonchev–Trinajstić information content (AvgIpc) is 2.41. The molecule has 0 aromatic heterocycles. The molecule has 0 unspecified atom stereocenters. The van der Waals surface area contributed by atoms with Crippen LogP contribution >= 0.6 is 21.8 Å². The molecule has 0 aliphatic heterocycles. The lowest BCUT2D eigenvalue weighted by Crippen LogP contribution is -2.31. The second-order valence-electron chi connectivity index (χ2n) is 3.63. The molecular weight excluding hydrogens is 282 g/mol. The van der Waals surface area contributed by atoms with Gasteiger partial charge in [-0.3, -0.25) is 14.3 Å². The van der Waals surface area contributed by atoms with Gasteiger partial charge in [-0.25, -0.2) is 0 Å². The molecule has 0 bridgehead atoms. The number of anilines is 1. The largest absolute Gasteiger partial charge is 0.372 e. The molecule has 5 nitrogen and oxygen atoms in total. The Balaban J connectivity index is 2.48. The number of nitrogens with zero attached hydrogens (tertiary/aromatic N) is 1. The Hall–Kier alpha value is -1.34. The van der Waals surface area contributed by atoms with E-state index in [9.17, 15) is 9.59 Å². The summed E-state index contributed by atoms with van der Waals surface area (Å²) in [4.78, 5) is 24.7. The van der Waals surface area contributed by atoms with Gasteiger partial charge in [-0.05, 0) is 48.9 Å². The van der Waals surface area contributed by atoms with E-state index in [0.29, 0.717) is 0 Å². The van der Waals surface area contributed by atoms with Gasteiger partial charge in [0.15, 0.2) is 0 Å². The molecule has 0 heterocycles. The molecule has 104 valence electrons. The van der Waals surface area contributed by atoms with E-state index in [4.69, 9.17) is 5.73 Å². The van der Waals surface area contributed by atoms with Crippen molar-refractivity contribution in [1.82, 2.24) is 4.72 Å². The maximum atomic E-state index is 10.9. The molecule has 2 amide bonds. The molecule has 1 rings (SSSR count). The molecule has 7 heteroatoms. The first-order valence-corrected chi connectivity index (χ1v) is 8.01. The highest BCUT2D eigenvalue weighted by atomic mass is 33.1. The van der Waals surface area contributed by atoms with Crippen LogP contribution in [0, 0.1) is 0 Å². The number of primary amides is 1. The summed E-state index contributed by atoms with van der Waals surface area (Å²) >= 11 is 0. The van der Waals surface area contributed by atoms with Gasteiger partial charge >= 0.3 is 11.8 Å². The fraction of sp³-hybridized carbons (Fsp3) is 0.333. The molecule has 0 saturated heterocycles. The van der Waals surface area contributed by atoms with Gasteiger partial charge in [0.25, 0.3) is 0 Å². The Labute approximate surface area is 120 Å². The van der Waals surface area contributed by atoms with Gasteiger partial charge in [-0.2, -0.15) is 0 Å². The number of benzene rings is 1. The molecule has 0 atom stereocenters. The number of carbonyl (C=O) groups is 2. The summed E-state index contributed by atoms with van der Waals surface area (Å²) in [7, 11) is 2.43. The van der Waals surface area contributed by atoms with Crippen LogP contribution in [0.5, 0.6) is 0 Å². The van der Waals surface area contributed by atoms with Crippen LogP contribution in [0.4, 0.5) is 5.69 Å². The van der Waals surface area contributed by atoms with Crippen LogP contribution in [0.25, 0.3) is 0 Å². The van der Waals surface area contributed by atoms with Crippen LogP contribution in [-0.2, 0) is 9.59 Å². The van der Waals surface area contributed by atoms with E-state index in [0.717, 1.165) is 29.0 Å². The van der Waals surface area contributed by atoms with Crippen LogP contribution in [0.15, 0.2) is 29.2 Å². The second-order valence-corrected chi connectivity index (χ2v) is 5.64. The summed E-state index contributed by atoms with van der Waals surface area (Å²) in [6.45, 7) is 6.15. The minimum Gasteiger partial charge on any atom is -0.372 e. The number of amides is 2. The summed E-state index contributed by atoms with van der Waals surface area (Å²) in [6.07, 6.45) is 0. The van der Waals surface area contributed by atoms with Gasteiger partial charge < -0.3 is 10.6 Å². The van der Waals surface area contributed by atoms with Gasteiger partial charge in [0, 0.05) is 34.7 Å². The van der Waals surface area contributed by atoms with E-state index < -0.39 is 11.8 Å². The average molecular weight is 299 g/mol. The Kier molecular flexibility index (Phi) is 6.58. The smallest absolute Gasteiger partial charge is 0.319 e. The Bertz CT molecular complexity index is 433. The molecule has 0 saturated carbocycles. The Morgan fingerprint density at radius 2 is 1.79 bits per heavy atom. The standard InChI is InChI=1S/C12H17N3O2S2/c1-3-15(4-2)9-5-7-10(8-6-9)18-19-14-12(17)11(13)16/h5-8H,3-4H2,1-2H3,(H2,13,16)(H,14,17). The van der Waals surface area contributed by atoms with Crippen molar-refractivity contribution in [2.45, 2.75) is 18.7 Å². The first-order chi connectivity index (χ1) is 9.08. The first-order valence-electron chi connectivity index (χ1n) is 5.86. The lowest BCUT2D eigenvalue weighted by atomic mass is 10.3. The maximum Gasteiger partial charge on any atom is 0.319 e. The lowest BCUT2D eigenvalue weighted by Gasteiger charge is -2.20. The number of hydrogen-bond acceptors (Lipinski definition) is 5. The zero-order valence-corrected chi connectivity index (χ0v) is 12.5. The summed E-state index contributed by atoms with van der Waals surface area (Å²) in [6, 6.07) is 8.01. The van der Waals surface area contributed by atoms with Gasteiger partial charge in [0.2, 0.25) is 0 Å². The molecule has 1 aromatic carbocycles. The van der Waals surface area contributed by atoms with Crippen molar-refractivity contribution < 1.29 is 9.59 Å². The summed E-state index contributed by atoms with van der Waals surface area (Å²) < 4.78 is 2.35. The van der Waals surface area contributed by atoms with Crippen molar-refractivity contribution in [3.63, 3.8) is 0 Å². The molecule has 3 N–H and O–H groups in total. The number of nitrogens with one attached hydrogen (secondary N) is 1.